The molecule has 5 heteroatoms. The van der Waals surface area contributed by atoms with E-state index in [0.717, 1.165) is 27.4 Å². The molecule has 2 aromatic heterocycles. The molecule has 1 amide bonds. The zero-order chi connectivity index (χ0) is 17.3. The highest BCUT2D eigenvalue weighted by Gasteiger charge is 2.19. The van der Waals surface area contributed by atoms with E-state index >= 15 is 0 Å². The molecule has 0 atom stereocenters. The average molecular weight is 339 g/mol. The van der Waals surface area contributed by atoms with Crippen LogP contribution in [0.15, 0.2) is 41.8 Å². The van der Waals surface area contributed by atoms with Crippen LogP contribution in [-0.4, -0.2) is 21.7 Å². The number of hydrogen-bond donors (Lipinski definition) is 1. The number of nitrogens with one attached hydrogen (secondary N) is 1. The van der Waals surface area contributed by atoms with E-state index in [1.54, 1.807) is 16.0 Å². The summed E-state index contributed by atoms with van der Waals surface area (Å²) in [7, 11) is 0. The lowest BCUT2D eigenvalue weighted by molar-refractivity contribution is 0.0935. The van der Waals surface area contributed by atoms with Crippen LogP contribution < -0.4 is 5.32 Å². The van der Waals surface area contributed by atoms with Crippen molar-refractivity contribution in [1.82, 2.24) is 15.1 Å². The minimum Gasteiger partial charge on any atom is -0.349 e. The molecule has 0 aliphatic rings. The lowest BCUT2D eigenvalue weighted by Crippen LogP contribution is -2.31. The highest BCUT2D eigenvalue weighted by atomic mass is 32.1. The molecule has 0 radical (unpaired) electrons. The maximum atomic E-state index is 12.7. The van der Waals surface area contributed by atoms with Gasteiger partial charge >= 0.3 is 0 Å². The van der Waals surface area contributed by atoms with E-state index in [1.165, 1.54) is 0 Å². The van der Waals surface area contributed by atoms with Crippen LogP contribution in [0.1, 0.15) is 35.5 Å². The van der Waals surface area contributed by atoms with Crippen molar-refractivity contribution in [2.45, 2.75) is 33.7 Å². The van der Waals surface area contributed by atoms with Crippen molar-refractivity contribution in [3.05, 3.63) is 58.6 Å². The fraction of sp³-hybridized carbons (Fsp3) is 0.263. The second-order valence-electron chi connectivity index (χ2n) is 6.22. The normalized spacial score (nSPS) is 11.0. The smallest absolute Gasteiger partial charge is 0.270 e. The highest BCUT2D eigenvalue weighted by molar-refractivity contribution is 7.13. The Hall–Kier alpha value is -2.40. The molecule has 1 aromatic carbocycles. The Bertz CT molecular complexity index is 863. The predicted octanol–water partition coefficient (Wildman–Crippen LogP) is 4.36. The number of carbonyl (C=O) groups excluding carboxylic acids is 1. The van der Waals surface area contributed by atoms with Crippen LogP contribution in [0.2, 0.25) is 0 Å². The maximum Gasteiger partial charge on any atom is 0.270 e. The Morgan fingerprint density at radius 2 is 2.00 bits per heavy atom. The molecule has 3 rings (SSSR count). The van der Waals surface area contributed by atoms with Gasteiger partial charge in [-0.2, -0.15) is 5.10 Å². The summed E-state index contributed by atoms with van der Waals surface area (Å²) >= 11 is 1.62. The standard InChI is InChI=1S/C19H21N3OS/c1-12(2)20-19(23)17-11-15(18-6-5-9-24-18)21-22(17)16-10-13(3)7-8-14(16)4/h5-12H,1-4H3,(H,20,23). The minimum atomic E-state index is -0.110. The summed E-state index contributed by atoms with van der Waals surface area (Å²) in [4.78, 5) is 13.7. The van der Waals surface area contributed by atoms with Gasteiger partial charge in [-0.25, -0.2) is 4.68 Å². The van der Waals surface area contributed by atoms with Crippen molar-refractivity contribution in [3.8, 4) is 16.3 Å². The molecule has 3 aromatic rings. The number of thiophene rings is 1. The first-order valence-corrected chi connectivity index (χ1v) is 8.86. The first kappa shape index (κ1) is 16.5. The zero-order valence-corrected chi connectivity index (χ0v) is 15.1. The maximum absolute atomic E-state index is 12.7. The largest absolute Gasteiger partial charge is 0.349 e. The molecule has 0 saturated carbocycles. The fourth-order valence-corrected chi connectivity index (χ4v) is 3.24. The summed E-state index contributed by atoms with van der Waals surface area (Å²) in [5.74, 6) is -0.110. The van der Waals surface area contributed by atoms with E-state index in [1.807, 2.05) is 51.3 Å². The average Bonchev–Trinajstić information content (AvgIpc) is 3.17. The van der Waals surface area contributed by atoms with Crippen molar-refractivity contribution >= 4 is 17.2 Å². The minimum absolute atomic E-state index is 0.0737. The Morgan fingerprint density at radius 3 is 2.67 bits per heavy atom. The predicted molar refractivity (Wildman–Crippen MR) is 99.0 cm³/mol. The first-order valence-electron chi connectivity index (χ1n) is 7.98. The van der Waals surface area contributed by atoms with Gasteiger partial charge in [0.05, 0.1) is 10.6 Å². The third kappa shape index (κ3) is 3.26. The van der Waals surface area contributed by atoms with E-state index in [4.69, 9.17) is 5.10 Å². The highest BCUT2D eigenvalue weighted by Crippen LogP contribution is 2.27. The van der Waals surface area contributed by atoms with Crippen molar-refractivity contribution in [2.24, 2.45) is 0 Å². The molecule has 0 bridgehead atoms. The second kappa shape index (κ2) is 6.61. The number of aromatic nitrogens is 2. The van der Waals surface area contributed by atoms with Crippen molar-refractivity contribution in [2.75, 3.05) is 0 Å². The van der Waals surface area contributed by atoms with Crippen LogP contribution >= 0.6 is 11.3 Å². The van der Waals surface area contributed by atoms with Gasteiger partial charge in [-0.1, -0.05) is 18.2 Å². The topological polar surface area (TPSA) is 46.9 Å². The SMILES string of the molecule is Cc1ccc(C)c(-n2nc(-c3cccs3)cc2C(=O)NC(C)C)c1. The van der Waals surface area contributed by atoms with Gasteiger partial charge in [0.25, 0.3) is 5.91 Å². The lowest BCUT2D eigenvalue weighted by atomic mass is 10.1. The van der Waals surface area contributed by atoms with Gasteiger partial charge in [-0.05, 0) is 62.4 Å². The van der Waals surface area contributed by atoms with Gasteiger partial charge in [0.2, 0.25) is 0 Å². The van der Waals surface area contributed by atoms with E-state index < -0.39 is 0 Å². The third-order valence-corrected chi connectivity index (χ3v) is 4.62. The molecule has 0 saturated heterocycles. The van der Waals surface area contributed by atoms with Crippen molar-refractivity contribution in [3.63, 3.8) is 0 Å². The van der Waals surface area contributed by atoms with Gasteiger partial charge in [0.1, 0.15) is 11.4 Å². The van der Waals surface area contributed by atoms with Crippen molar-refractivity contribution in [1.29, 1.82) is 0 Å². The number of carbonyl (C=O) groups is 1. The van der Waals surface area contributed by atoms with Gasteiger partial charge in [-0.3, -0.25) is 4.79 Å². The molecule has 1 N–H and O–H groups in total. The quantitative estimate of drug-likeness (QED) is 0.768. The molecule has 0 aliphatic carbocycles. The van der Waals surface area contributed by atoms with Crippen molar-refractivity contribution < 1.29 is 4.79 Å². The third-order valence-electron chi connectivity index (χ3n) is 3.73. The Kier molecular flexibility index (Phi) is 4.53. The summed E-state index contributed by atoms with van der Waals surface area (Å²) in [6.45, 7) is 7.99. The summed E-state index contributed by atoms with van der Waals surface area (Å²) in [5, 5.41) is 9.70. The number of nitrogens with zero attached hydrogens (tertiary/aromatic N) is 2. The number of aryl methyl sites for hydroxylation is 2. The van der Waals surface area contributed by atoms with Gasteiger partial charge in [0, 0.05) is 6.04 Å². The lowest BCUT2D eigenvalue weighted by Gasteiger charge is -2.12. The van der Waals surface area contributed by atoms with E-state index in [2.05, 4.69) is 23.5 Å². The number of amides is 1. The first-order chi connectivity index (χ1) is 11.5. The second-order valence-corrected chi connectivity index (χ2v) is 7.17. The summed E-state index contributed by atoms with van der Waals surface area (Å²) in [6.07, 6.45) is 0. The molecule has 4 nitrogen and oxygen atoms in total. The molecule has 0 fully saturated rings. The van der Waals surface area contributed by atoms with E-state index in [9.17, 15) is 4.79 Å². The van der Waals surface area contributed by atoms with Crippen LogP contribution in [0.25, 0.3) is 16.3 Å². The zero-order valence-electron chi connectivity index (χ0n) is 14.3. The molecular formula is C19H21N3OS. The summed E-state index contributed by atoms with van der Waals surface area (Å²) < 4.78 is 1.76. The van der Waals surface area contributed by atoms with Gasteiger partial charge in [-0.15, -0.1) is 11.3 Å². The monoisotopic (exact) mass is 339 g/mol. The molecule has 124 valence electrons. The fourth-order valence-electron chi connectivity index (χ4n) is 2.55. The van der Waals surface area contributed by atoms with Crippen LogP contribution in [-0.2, 0) is 0 Å². The molecule has 0 aliphatic heterocycles. The molecule has 0 unspecified atom stereocenters. The molecule has 0 spiro atoms. The number of rotatable bonds is 4. The van der Waals surface area contributed by atoms with Gasteiger partial charge < -0.3 is 5.32 Å². The molecule has 2 heterocycles. The van der Waals surface area contributed by atoms with E-state index in [0.29, 0.717) is 5.69 Å². The van der Waals surface area contributed by atoms with E-state index in [-0.39, 0.29) is 11.9 Å². The van der Waals surface area contributed by atoms with Gasteiger partial charge in [0.15, 0.2) is 0 Å². The number of benzene rings is 1. The summed E-state index contributed by atoms with van der Waals surface area (Å²) in [5.41, 5.74) is 4.53. The van der Waals surface area contributed by atoms with Crippen LogP contribution in [0, 0.1) is 13.8 Å². The van der Waals surface area contributed by atoms with Crippen LogP contribution in [0.5, 0.6) is 0 Å². The molecular weight excluding hydrogens is 318 g/mol. The number of hydrogen-bond acceptors (Lipinski definition) is 3. The Labute approximate surface area is 146 Å². The Morgan fingerprint density at radius 1 is 1.21 bits per heavy atom. The van der Waals surface area contributed by atoms with Crippen LogP contribution in [0.3, 0.4) is 0 Å². The summed E-state index contributed by atoms with van der Waals surface area (Å²) in [6, 6.07) is 12.1. The Balaban J connectivity index is 2.15. The molecule has 24 heavy (non-hydrogen) atoms. The van der Waals surface area contributed by atoms with Crippen LogP contribution in [0.4, 0.5) is 0 Å².